The number of rotatable bonds is 2. The number of nitrogens with zero attached hydrogens (tertiary/aromatic N) is 3. The zero-order valence-electron chi connectivity index (χ0n) is 12.7. The smallest absolute Gasteiger partial charge is 0.308 e. The molecule has 110 valence electrons. The highest BCUT2D eigenvalue weighted by atomic mass is 16.5. The Kier molecular flexibility index (Phi) is 4.26. The Morgan fingerprint density at radius 3 is 2.50 bits per heavy atom. The molecule has 1 fully saturated rings. The van der Waals surface area contributed by atoms with Gasteiger partial charge in [0.05, 0.1) is 18.7 Å². The maximum atomic E-state index is 11.5. The van der Waals surface area contributed by atoms with Crippen molar-refractivity contribution in [1.82, 2.24) is 9.97 Å². The van der Waals surface area contributed by atoms with E-state index in [1.54, 1.807) is 6.33 Å². The summed E-state index contributed by atoms with van der Waals surface area (Å²) in [6, 6.07) is 2.05. The monoisotopic (exact) mass is 277 g/mol. The largest absolute Gasteiger partial charge is 0.469 e. The van der Waals surface area contributed by atoms with Crippen molar-refractivity contribution in [3.63, 3.8) is 0 Å². The molecule has 5 heteroatoms. The fourth-order valence-corrected chi connectivity index (χ4v) is 2.44. The van der Waals surface area contributed by atoms with Crippen molar-refractivity contribution in [2.75, 3.05) is 25.1 Å². The van der Waals surface area contributed by atoms with Crippen LogP contribution in [-0.4, -0.2) is 36.1 Å². The van der Waals surface area contributed by atoms with Gasteiger partial charge >= 0.3 is 5.97 Å². The second-order valence-corrected chi connectivity index (χ2v) is 6.30. The minimum atomic E-state index is -0.0947. The third-order valence-electron chi connectivity index (χ3n) is 3.77. The number of carbonyl (C=O) groups excluding carboxylic acids is 1. The molecule has 0 saturated carbocycles. The lowest BCUT2D eigenvalue weighted by molar-refractivity contribution is -0.146. The number of anilines is 1. The molecule has 0 radical (unpaired) electrons. The Bertz CT molecular complexity index is 474. The van der Waals surface area contributed by atoms with E-state index in [4.69, 9.17) is 4.74 Å². The Balaban J connectivity index is 2.06. The molecule has 0 N–H and O–H groups in total. The lowest BCUT2D eigenvalue weighted by atomic mass is 9.91. The van der Waals surface area contributed by atoms with Crippen LogP contribution in [0, 0.1) is 5.92 Å². The van der Waals surface area contributed by atoms with Gasteiger partial charge in [0.2, 0.25) is 0 Å². The molecule has 1 aliphatic rings. The first-order valence-electron chi connectivity index (χ1n) is 7.07. The Morgan fingerprint density at radius 1 is 1.30 bits per heavy atom. The number of esters is 1. The van der Waals surface area contributed by atoms with Crippen LogP contribution in [-0.2, 0) is 14.9 Å². The first-order chi connectivity index (χ1) is 9.41. The van der Waals surface area contributed by atoms with Crippen LogP contribution in [0.2, 0.25) is 0 Å². The van der Waals surface area contributed by atoms with Crippen LogP contribution in [0.5, 0.6) is 0 Å². The van der Waals surface area contributed by atoms with Gasteiger partial charge in [0.1, 0.15) is 12.1 Å². The minimum Gasteiger partial charge on any atom is -0.469 e. The van der Waals surface area contributed by atoms with Gasteiger partial charge in [-0.05, 0) is 12.8 Å². The zero-order chi connectivity index (χ0) is 14.8. The van der Waals surface area contributed by atoms with E-state index in [0.29, 0.717) is 0 Å². The molecule has 2 heterocycles. The average Bonchev–Trinajstić information content (AvgIpc) is 2.46. The lowest BCUT2D eigenvalue weighted by Crippen LogP contribution is -2.37. The van der Waals surface area contributed by atoms with Crippen molar-refractivity contribution in [3.05, 3.63) is 18.1 Å². The molecule has 0 spiro atoms. The van der Waals surface area contributed by atoms with Gasteiger partial charge in [-0.2, -0.15) is 0 Å². The van der Waals surface area contributed by atoms with Gasteiger partial charge in [0.25, 0.3) is 0 Å². The average molecular weight is 277 g/mol. The predicted octanol–water partition coefficient (Wildman–Crippen LogP) is 2.16. The summed E-state index contributed by atoms with van der Waals surface area (Å²) < 4.78 is 4.81. The van der Waals surface area contributed by atoms with Gasteiger partial charge in [-0.15, -0.1) is 0 Å². The maximum absolute atomic E-state index is 11.5. The number of methoxy groups -OCH3 is 1. The number of hydrogen-bond donors (Lipinski definition) is 0. The topological polar surface area (TPSA) is 55.3 Å². The van der Waals surface area contributed by atoms with Crippen molar-refractivity contribution < 1.29 is 9.53 Å². The Labute approximate surface area is 120 Å². The highest BCUT2D eigenvalue weighted by Crippen LogP contribution is 2.26. The summed E-state index contributed by atoms with van der Waals surface area (Å²) in [5.74, 6) is 0.885. The van der Waals surface area contributed by atoms with E-state index in [1.807, 2.05) is 0 Å². The summed E-state index contributed by atoms with van der Waals surface area (Å²) in [5.41, 5.74) is 1.06. The van der Waals surface area contributed by atoms with E-state index in [1.165, 1.54) is 7.11 Å². The fourth-order valence-electron chi connectivity index (χ4n) is 2.44. The number of ether oxygens (including phenoxy) is 1. The second kappa shape index (κ2) is 5.77. The van der Waals surface area contributed by atoms with Gasteiger partial charge in [-0.25, -0.2) is 9.97 Å². The molecule has 0 amide bonds. The number of carbonyl (C=O) groups is 1. The van der Waals surface area contributed by atoms with Gasteiger partial charge in [0, 0.05) is 24.6 Å². The van der Waals surface area contributed by atoms with Crippen LogP contribution < -0.4 is 4.90 Å². The van der Waals surface area contributed by atoms with Crippen LogP contribution in [0.3, 0.4) is 0 Å². The Hall–Kier alpha value is -1.65. The zero-order valence-corrected chi connectivity index (χ0v) is 12.7. The normalized spacial score (nSPS) is 17.1. The number of hydrogen-bond acceptors (Lipinski definition) is 5. The molecule has 0 aromatic carbocycles. The maximum Gasteiger partial charge on any atom is 0.308 e. The van der Waals surface area contributed by atoms with Crippen molar-refractivity contribution >= 4 is 11.8 Å². The first kappa shape index (κ1) is 14.8. The molecular formula is C15H23N3O2. The van der Waals surface area contributed by atoms with Crippen LogP contribution in [0.25, 0.3) is 0 Å². The molecule has 1 aliphatic heterocycles. The van der Waals surface area contributed by atoms with Crippen LogP contribution in [0.1, 0.15) is 39.3 Å². The standard InChI is InChI=1S/C15H23N3O2/c1-15(2,3)12-9-13(17-10-16-12)18-7-5-11(6-8-18)14(19)20-4/h9-11H,5-8H2,1-4H3. The Morgan fingerprint density at radius 2 is 1.95 bits per heavy atom. The summed E-state index contributed by atoms with van der Waals surface area (Å²) in [4.78, 5) is 22.5. The molecule has 0 bridgehead atoms. The SMILES string of the molecule is COC(=O)C1CCN(c2cc(C(C)(C)C)ncn2)CC1. The minimum absolute atomic E-state index is 0.0159. The molecule has 0 aliphatic carbocycles. The number of aromatic nitrogens is 2. The van der Waals surface area contributed by atoms with E-state index >= 15 is 0 Å². The van der Waals surface area contributed by atoms with Gasteiger partial charge in [0.15, 0.2) is 0 Å². The van der Waals surface area contributed by atoms with E-state index in [0.717, 1.165) is 37.4 Å². The molecule has 5 nitrogen and oxygen atoms in total. The van der Waals surface area contributed by atoms with Gasteiger partial charge < -0.3 is 9.64 Å². The summed E-state index contributed by atoms with van der Waals surface area (Å²) >= 11 is 0. The summed E-state index contributed by atoms with van der Waals surface area (Å²) in [5, 5.41) is 0. The lowest BCUT2D eigenvalue weighted by Gasteiger charge is -2.32. The molecule has 1 aromatic rings. The molecule has 1 aromatic heterocycles. The van der Waals surface area contributed by atoms with Crippen LogP contribution in [0.4, 0.5) is 5.82 Å². The quantitative estimate of drug-likeness (QED) is 0.775. The van der Waals surface area contributed by atoms with E-state index in [2.05, 4.69) is 41.7 Å². The van der Waals surface area contributed by atoms with Gasteiger partial charge in [-0.3, -0.25) is 4.79 Å². The highest BCUT2D eigenvalue weighted by molar-refractivity contribution is 5.72. The molecule has 0 atom stereocenters. The van der Waals surface area contributed by atoms with Crippen LogP contribution in [0.15, 0.2) is 12.4 Å². The summed E-state index contributed by atoms with van der Waals surface area (Å²) in [6.45, 7) is 8.09. The van der Waals surface area contributed by atoms with Gasteiger partial charge in [-0.1, -0.05) is 20.8 Å². The molecule has 2 rings (SSSR count). The summed E-state index contributed by atoms with van der Waals surface area (Å²) in [6.07, 6.45) is 3.27. The molecule has 1 saturated heterocycles. The van der Waals surface area contributed by atoms with Crippen LogP contribution >= 0.6 is 0 Å². The van der Waals surface area contributed by atoms with Crippen molar-refractivity contribution in [2.24, 2.45) is 5.92 Å². The van der Waals surface area contributed by atoms with E-state index < -0.39 is 0 Å². The third kappa shape index (κ3) is 3.26. The predicted molar refractivity (Wildman–Crippen MR) is 77.7 cm³/mol. The first-order valence-corrected chi connectivity index (χ1v) is 7.07. The highest BCUT2D eigenvalue weighted by Gasteiger charge is 2.26. The van der Waals surface area contributed by atoms with Crippen molar-refractivity contribution in [3.8, 4) is 0 Å². The summed E-state index contributed by atoms with van der Waals surface area (Å²) in [7, 11) is 1.45. The van der Waals surface area contributed by atoms with E-state index in [9.17, 15) is 4.79 Å². The van der Waals surface area contributed by atoms with E-state index in [-0.39, 0.29) is 17.3 Å². The second-order valence-electron chi connectivity index (χ2n) is 6.30. The molecular weight excluding hydrogens is 254 g/mol. The third-order valence-corrected chi connectivity index (χ3v) is 3.77. The number of piperidine rings is 1. The van der Waals surface area contributed by atoms with Crippen molar-refractivity contribution in [1.29, 1.82) is 0 Å². The fraction of sp³-hybridized carbons (Fsp3) is 0.667. The molecule has 0 unspecified atom stereocenters. The molecule has 20 heavy (non-hydrogen) atoms. The van der Waals surface area contributed by atoms with Crippen molar-refractivity contribution in [2.45, 2.75) is 39.0 Å².